The van der Waals surface area contributed by atoms with E-state index in [4.69, 9.17) is 16.9 Å². The molecule has 0 saturated heterocycles. The number of aryl methyl sites for hydroxylation is 1. The molecule has 0 aliphatic carbocycles. The number of pyridine rings is 1. The van der Waals surface area contributed by atoms with E-state index in [1.807, 2.05) is 19.1 Å². The molecule has 2 rings (SSSR count). The Kier molecular flexibility index (Phi) is 3.85. The average molecular weight is 323 g/mol. The maximum Gasteiger partial charge on any atom is 0.148 e. The van der Waals surface area contributed by atoms with E-state index >= 15 is 0 Å². The highest BCUT2D eigenvalue weighted by Crippen LogP contribution is 2.29. The molecular formula is C13H9BrClN3. The average Bonchev–Trinajstić information content (AvgIpc) is 2.33. The summed E-state index contributed by atoms with van der Waals surface area (Å²) in [5.74, 6) is 0.515. The topological polar surface area (TPSA) is 48.7 Å². The van der Waals surface area contributed by atoms with Gasteiger partial charge in [-0.1, -0.05) is 27.5 Å². The van der Waals surface area contributed by atoms with Gasteiger partial charge in [0, 0.05) is 10.7 Å². The normalized spacial score (nSPS) is 9.89. The molecule has 0 spiro atoms. The zero-order valence-electron chi connectivity index (χ0n) is 9.54. The van der Waals surface area contributed by atoms with Gasteiger partial charge in [0.2, 0.25) is 0 Å². The van der Waals surface area contributed by atoms with Crippen molar-refractivity contribution in [2.24, 2.45) is 0 Å². The second-order valence-corrected chi connectivity index (χ2v) is 5.04. The first-order chi connectivity index (χ1) is 8.61. The van der Waals surface area contributed by atoms with Crippen LogP contribution in [0.15, 0.2) is 34.9 Å². The van der Waals surface area contributed by atoms with Gasteiger partial charge in [-0.3, -0.25) is 0 Å². The Balaban J connectivity index is 2.41. The summed E-state index contributed by atoms with van der Waals surface area (Å²) >= 11 is 9.45. The molecule has 1 aromatic carbocycles. The van der Waals surface area contributed by atoms with Gasteiger partial charge in [-0.15, -0.1) is 0 Å². The fourth-order valence-corrected chi connectivity index (χ4v) is 2.23. The van der Waals surface area contributed by atoms with Crippen molar-refractivity contribution in [1.82, 2.24) is 4.98 Å². The molecule has 0 aliphatic heterocycles. The molecule has 90 valence electrons. The van der Waals surface area contributed by atoms with Crippen LogP contribution in [0.5, 0.6) is 0 Å². The third-order valence-corrected chi connectivity index (χ3v) is 3.26. The van der Waals surface area contributed by atoms with Crippen LogP contribution in [0, 0.1) is 18.3 Å². The van der Waals surface area contributed by atoms with E-state index in [1.54, 1.807) is 18.3 Å². The van der Waals surface area contributed by atoms with Gasteiger partial charge in [-0.2, -0.15) is 5.26 Å². The molecule has 18 heavy (non-hydrogen) atoms. The van der Waals surface area contributed by atoms with E-state index in [0.717, 1.165) is 15.7 Å². The fraction of sp³-hybridized carbons (Fsp3) is 0.0769. The van der Waals surface area contributed by atoms with Crippen LogP contribution in [0.4, 0.5) is 11.5 Å². The molecule has 5 heteroatoms. The number of benzene rings is 1. The maximum atomic E-state index is 9.12. The summed E-state index contributed by atoms with van der Waals surface area (Å²) in [7, 11) is 0. The Hall–Kier alpha value is -1.57. The first-order valence-electron chi connectivity index (χ1n) is 5.19. The fourth-order valence-electron chi connectivity index (χ4n) is 1.51. The first-order valence-corrected chi connectivity index (χ1v) is 6.36. The van der Waals surface area contributed by atoms with Gasteiger partial charge in [0.1, 0.15) is 11.9 Å². The number of anilines is 2. The summed E-state index contributed by atoms with van der Waals surface area (Å²) in [6.45, 7) is 1.87. The minimum atomic E-state index is 0.515. The Morgan fingerprint density at radius 3 is 2.83 bits per heavy atom. The van der Waals surface area contributed by atoms with Crippen LogP contribution in [-0.2, 0) is 0 Å². The van der Waals surface area contributed by atoms with Crippen LogP contribution in [0.2, 0.25) is 5.02 Å². The predicted molar refractivity (Wildman–Crippen MR) is 76.1 cm³/mol. The van der Waals surface area contributed by atoms with Crippen LogP contribution in [0.25, 0.3) is 0 Å². The highest BCUT2D eigenvalue weighted by Gasteiger charge is 2.08. The number of hydrogen-bond donors (Lipinski definition) is 1. The summed E-state index contributed by atoms with van der Waals surface area (Å²) in [5.41, 5.74) is 2.12. The van der Waals surface area contributed by atoms with E-state index in [9.17, 15) is 0 Å². The number of nitrogens with zero attached hydrogens (tertiary/aromatic N) is 2. The maximum absolute atomic E-state index is 9.12. The third-order valence-electron chi connectivity index (χ3n) is 2.46. The molecule has 2 aromatic rings. The molecule has 0 atom stereocenters. The highest BCUT2D eigenvalue weighted by atomic mass is 79.9. The lowest BCUT2D eigenvalue weighted by atomic mass is 10.1. The van der Waals surface area contributed by atoms with Gasteiger partial charge < -0.3 is 5.32 Å². The molecule has 0 fully saturated rings. The number of aromatic nitrogens is 1. The van der Waals surface area contributed by atoms with Gasteiger partial charge in [-0.25, -0.2) is 4.98 Å². The zero-order chi connectivity index (χ0) is 13.1. The first kappa shape index (κ1) is 12.9. The Morgan fingerprint density at radius 2 is 2.17 bits per heavy atom. The van der Waals surface area contributed by atoms with Crippen LogP contribution in [0.3, 0.4) is 0 Å². The van der Waals surface area contributed by atoms with E-state index in [2.05, 4.69) is 32.3 Å². The lowest BCUT2D eigenvalue weighted by Crippen LogP contribution is -1.99. The molecule has 0 amide bonds. The lowest BCUT2D eigenvalue weighted by molar-refractivity contribution is 1.24. The molecule has 3 nitrogen and oxygen atoms in total. The molecule has 0 unspecified atom stereocenters. The van der Waals surface area contributed by atoms with E-state index < -0.39 is 0 Å². The van der Waals surface area contributed by atoms with Crippen LogP contribution >= 0.6 is 27.5 Å². The van der Waals surface area contributed by atoms with Gasteiger partial charge in [0.05, 0.1) is 16.3 Å². The van der Waals surface area contributed by atoms with Gasteiger partial charge >= 0.3 is 0 Å². The quantitative estimate of drug-likeness (QED) is 0.890. The molecular weight excluding hydrogens is 314 g/mol. The Bertz CT molecular complexity index is 635. The van der Waals surface area contributed by atoms with Crippen molar-refractivity contribution in [3.63, 3.8) is 0 Å². The molecule has 0 bridgehead atoms. The molecule has 1 heterocycles. The van der Waals surface area contributed by atoms with Crippen LogP contribution in [-0.4, -0.2) is 4.98 Å². The molecule has 1 aromatic heterocycles. The van der Waals surface area contributed by atoms with E-state index in [-0.39, 0.29) is 0 Å². The summed E-state index contributed by atoms with van der Waals surface area (Å²) < 4.78 is 0.899. The number of nitrogens with one attached hydrogen (secondary N) is 1. The summed E-state index contributed by atoms with van der Waals surface area (Å²) in [4.78, 5) is 4.17. The molecule has 0 saturated carbocycles. The van der Waals surface area contributed by atoms with Crippen molar-refractivity contribution < 1.29 is 0 Å². The van der Waals surface area contributed by atoms with Gasteiger partial charge in [0.15, 0.2) is 0 Å². The largest absolute Gasteiger partial charge is 0.338 e. The van der Waals surface area contributed by atoms with Crippen molar-refractivity contribution in [2.45, 2.75) is 6.92 Å². The number of rotatable bonds is 2. The molecule has 0 aliphatic rings. The number of nitriles is 1. The smallest absolute Gasteiger partial charge is 0.148 e. The Labute approximate surface area is 119 Å². The number of halogens is 2. The van der Waals surface area contributed by atoms with Crippen LogP contribution < -0.4 is 5.32 Å². The zero-order valence-corrected chi connectivity index (χ0v) is 11.9. The summed E-state index contributed by atoms with van der Waals surface area (Å²) in [5, 5.41) is 12.8. The van der Waals surface area contributed by atoms with Crippen molar-refractivity contribution in [1.29, 1.82) is 5.26 Å². The lowest BCUT2D eigenvalue weighted by Gasteiger charge is -2.10. The van der Waals surface area contributed by atoms with Gasteiger partial charge in [0.25, 0.3) is 0 Å². The van der Waals surface area contributed by atoms with Crippen LogP contribution in [0.1, 0.15) is 11.1 Å². The second kappa shape index (κ2) is 5.38. The standard InChI is InChI=1S/C13H9BrClN3/c1-8-4-5-17-13(10(8)7-16)18-12-3-2-9(14)6-11(12)15/h2-6H,1H3,(H,17,18). The minimum absolute atomic E-state index is 0.515. The minimum Gasteiger partial charge on any atom is -0.338 e. The second-order valence-electron chi connectivity index (χ2n) is 3.71. The van der Waals surface area contributed by atoms with Gasteiger partial charge in [-0.05, 0) is 36.8 Å². The van der Waals surface area contributed by atoms with Crippen molar-refractivity contribution in [2.75, 3.05) is 5.32 Å². The van der Waals surface area contributed by atoms with E-state index in [1.165, 1.54) is 0 Å². The molecule has 0 radical (unpaired) electrons. The van der Waals surface area contributed by atoms with Crippen molar-refractivity contribution in [3.8, 4) is 6.07 Å². The SMILES string of the molecule is Cc1ccnc(Nc2ccc(Br)cc2Cl)c1C#N. The number of hydrogen-bond acceptors (Lipinski definition) is 3. The molecule has 1 N–H and O–H groups in total. The summed E-state index contributed by atoms with van der Waals surface area (Å²) in [6.07, 6.45) is 1.66. The van der Waals surface area contributed by atoms with Crippen molar-refractivity contribution in [3.05, 3.63) is 51.1 Å². The Morgan fingerprint density at radius 1 is 1.39 bits per heavy atom. The predicted octanol–water partition coefficient (Wildman–Crippen LogP) is 4.42. The summed E-state index contributed by atoms with van der Waals surface area (Å²) in [6, 6.07) is 9.42. The monoisotopic (exact) mass is 321 g/mol. The van der Waals surface area contributed by atoms with Crippen molar-refractivity contribution >= 4 is 39.0 Å². The van der Waals surface area contributed by atoms with E-state index in [0.29, 0.717) is 16.4 Å². The highest BCUT2D eigenvalue weighted by molar-refractivity contribution is 9.10. The third kappa shape index (κ3) is 2.63.